The monoisotopic (exact) mass is 240 g/mol. The van der Waals surface area contributed by atoms with Gasteiger partial charge < -0.3 is 2.85 Å². The Morgan fingerprint density at radius 1 is 0.875 bits per heavy atom. The van der Waals surface area contributed by atoms with Crippen LogP contribution in [0.3, 0.4) is 0 Å². The quantitative estimate of drug-likeness (QED) is 0.523. The van der Waals surface area contributed by atoms with Crippen molar-refractivity contribution in [2.75, 3.05) is 0 Å². The SMILES string of the molecule is CCCCCCC.[Ba+2].[H-].[H-]. The molecule has 0 rings (SSSR count). The summed E-state index contributed by atoms with van der Waals surface area (Å²) in [5, 5.41) is 0. The Morgan fingerprint density at radius 3 is 1.50 bits per heavy atom. The molecule has 0 aromatic carbocycles. The van der Waals surface area contributed by atoms with E-state index in [-0.39, 0.29) is 51.7 Å². The van der Waals surface area contributed by atoms with Gasteiger partial charge in [-0.1, -0.05) is 46.0 Å². The van der Waals surface area contributed by atoms with Crippen molar-refractivity contribution >= 4 is 48.9 Å². The van der Waals surface area contributed by atoms with Crippen LogP contribution >= 0.6 is 0 Å². The van der Waals surface area contributed by atoms with Crippen molar-refractivity contribution in [3.05, 3.63) is 0 Å². The van der Waals surface area contributed by atoms with Crippen LogP contribution in [0.5, 0.6) is 0 Å². The van der Waals surface area contributed by atoms with E-state index in [1.165, 1.54) is 32.1 Å². The molecule has 8 heavy (non-hydrogen) atoms. The van der Waals surface area contributed by atoms with E-state index in [4.69, 9.17) is 0 Å². The van der Waals surface area contributed by atoms with E-state index in [0.717, 1.165) is 0 Å². The molecule has 0 aliphatic heterocycles. The van der Waals surface area contributed by atoms with Crippen LogP contribution in [0, 0.1) is 0 Å². The van der Waals surface area contributed by atoms with Crippen LogP contribution in [0.25, 0.3) is 0 Å². The summed E-state index contributed by atoms with van der Waals surface area (Å²) < 4.78 is 0. The minimum absolute atomic E-state index is 0. The average molecular weight is 240 g/mol. The summed E-state index contributed by atoms with van der Waals surface area (Å²) in [6.45, 7) is 4.49. The van der Waals surface area contributed by atoms with Crippen molar-refractivity contribution < 1.29 is 2.85 Å². The van der Waals surface area contributed by atoms with Gasteiger partial charge in [0.1, 0.15) is 0 Å². The Balaban J connectivity index is -0.0000000600. The zero-order valence-corrected chi connectivity index (χ0v) is 10.7. The zero-order chi connectivity index (χ0) is 5.54. The average Bonchev–Trinajstić information content (AvgIpc) is 1.69. The first kappa shape index (κ1) is 12.3. The van der Waals surface area contributed by atoms with E-state index >= 15 is 0 Å². The molecule has 0 saturated heterocycles. The largest absolute Gasteiger partial charge is 2.00 e. The molecule has 0 amide bonds. The molecule has 0 nitrogen and oxygen atoms in total. The van der Waals surface area contributed by atoms with Crippen LogP contribution in [-0.4, -0.2) is 48.9 Å². The molecule has 48 valence electrons. The minimum atomic E-state index is 0. The topological polar surface area (TPSA) is 0 Å². The molecule has 0 radical (unpaired) electrons. The van der Waals surface area contributed by atoms with Crippen LogP contribution in [0.4, 0.5) is 0 Å². The molecule has 0 unspecified atom stereocenters. The fourth-order valence-electron chi connectivity index (χ4n) is 0.677. The van der Waals surface area contributed by atoms with Crippen molar-refractivity contribution in [2.45, 2.75) is 46.0 Å². The van der Waals surface area contributed by atoms with E-state index in [0.29, 0.717) is 0 Å². The van der Waals surface area contributed by atoms with Gasteiger partial charge in [-0.2, -0.15) is 0 Å². The van der Waals surface area contributed by atoms with E-state index in [9.17, 15) is 0 Å². The molecule has 0 aromatic heterocycles. The summed E-state index contributed by atoms with van der Waals surface area (Å²) in [5.74, 6) is 0. The Bertz CT molecular complexity index is 30.8. The fourth-order valence-corrected chi connectivity index (χ4v) is 0.677. The van der Waals surface area contributed by atoms with Gasteiger partial charge >= 0.3 is 48.9 Å². The summed E-state index contributed by atoms with van der Waals surface area (Å²) in [6.07, 6.45) is 7.01. The second kappa shape index (κ2) is 11.4. The molecule has 0 spiro atoms. The molecule has 0 saturated carbocycles. The van der Waals surface area contributed by atoms with Gasteiger partial charge in [-0.25, -0.2) is 0 Å². The van der Waals surface area contributed by atoms with E-state index in [1.807, 2.05) is 0 Å². The van der Waals surface area contributed by atoms with Crippen molar-refractivity contribution in [3.8, 4) is 0 Å². The molecule has 0 fully saturated rings. The molecule has 0 aliphatic carbocycles. The van der Waals surface area contributed by atoms with Gasteiger partial charge in [0.05, 0.1) is 0 Å². The van der Waals surface area contributed by atoms with E-state index in [2.05, 4.69) is 13.8 Å². The van der Waals surface area contributed by atoms with Crippen molar-refractivity contribution in [3.63, 3.8) is 0 Å². The molecular weight excluding hydrogens is 221 g/mol. The molecule has 0 aromatic rings. The minimum Gasteiger partial charge on any atom is -1.00 e. The van der Waals surface area contributed by atoms with Gasteiger partial charge in [0, 0.05) is 0 Å². The smallest absolute Gasteiger partial charge is 1.00 e. The molecule has 1 heteroatoms. The van der Waals surface area contributed by atoms with E-state index < -0.39 is 0 Å². The van der Waals surface area contributed by atoms with Crippen LogP contribution in [-0.2, 0) is 0 Å². The van der Waals surface area contributed by atoms with Gasteiger partial charge in [0.25, 0.3) is 0 Å². The predicted molar refractivity (Wildman–Crippen MR) is 42.4 cm³/mol. The maximum Gasteiger partial charge on any atom is 2.00 e. The van der Waals surface area contributed by atoms with Crippen molar-refractivity contribution in [2.24, 2.45) is 0 Å². The second-order valence-corrected chi connectivity index (χ2v) is 2.06. The molecule has 0 N–H and O–H groups in total. The summed E-state index contributed by atoms with van der Waals surface area (Å²) >= 11 is 0. The van der Waals surface area contributed by atoms with Gasteiger partial charge in [-0.15, -0.1) is 0 Å². The molecule has 0 aliphatic rings. The summed E-state index contributed by atoms with van der Waals surface area (Å²) in [4.78, 5) is 0. The van der Waals surface area contributed by atoms with Crippen LogP contribution < -0.4 is 0 Å². The Hall–Kier alpha value is 1.57. The Morgan fingerprint density at radius 2 is 1.25 bits per heavy atom. The standard InChI is InChI=1S/C7H16.Ba.2H/c1-3-5-7-6-4-2;;;/h3-7H2,1-2H3;;;/q;+2;2*-1. The third-order valence-corrected chi connectivity index (χ3v) is 1.21. The number of unbranched alkanes of at least 4 members (excludes halogenated alkanes) is 4. The first-order valence-corrected chi connectivity index (χ1v) is 3.41. The second-order valence-electron chi connectivity index (χ2n) is 2.06. The van der Waals surface area contributed by atoms with Crippen LogP contribution in [0.1, 0.15) is 48.8 Å². The Kier molecular flexibility index (Phi) is 17.4. The summed E-state index contributed by atoms with van der Waals surface area (Å²) in [6, 6.07) is 0. The molecule has 0 bridgehead atoms. The van der Waals surface area contributed by atoms with Gasteiger partial charge in [-0.3, -0.25) is 0 Å². The first-order valence-electron chi connectivity index (χ1n) is 3.41. The third-order valence-electron chi connectivity index (χ3n) is 1.21. The zero-order valence-electron chi connectivity index (χ0n) is 8.24. The van der Waals surface area contributed by atoms with E-state index in [1.54, 1.807) is 0 Å². The third kappa shape index (κ3) is 10.5. The van der Waals surface area contributed by atoms with Gasteiger partial charge in [0.15, 0.2) is 0 Å². The van der Waals surface area contributed by atoms with Crippen LogP contribution in [0.2, 0.25) is 0 Å². The van der Waals surface area contributed by atoms with Gasteiger partial charge in [-0.05, 0) is 0 Å². The Labute approximate surface area is 96.5 Å². The summed E-state index contributed by atoms with van der Waals surface area (Å²) in [7, 11) is 0. The first-order chi connectivity index (χ1) is 3.41. The van der Waals surface area contributed by atoms with Gasteiger partial charge in [0.2, 0.25) is 0 Å². The number of hydrogen-bond donors (Lipinski definition) is 0. The van der Waals surface area contributed by atoms with Crippen molar-refractivity contribution in [1.82, 2.24) is 0 Å². The maximum atomic E-state index is 2.25. The number of hydrogen-bond acceptors (Lipinski definition) is 0. The number of rotatable bonds is 4. The fraction of sp³-hybridized carbons (Fsp3) is 1.00. The molecule has 0 atom stereocenters. The predicted octanol–water partition coefficient (Wildman–Crippen LogP) is 2.82. The molecule has 0 heterocycles. The van der Waals surface area contributed by atoms with Crippen molar-refractivity contribution in [1.29, 1.82) is 0 Å². The molecular formula is C7H18Ba. The maximum absolute atomic E-state index is 2.25. The summed E-state index contributed by atoms with van der Waals surface area (Å²) in [5.41, 5.74) is 0. The normalized spacial score (nSPS) is 8.25. The van der Waals surface area contributed by atoms with Crippen LogP contribution in [0.15, 0.2) is 0 Å².